The molecule has 168 valence electrons. The van der Waals surface area contributed by atoms with Gasteiger partial charge in [0.2, 0.25) is 6.39 Å². The third kappa shape index (κ3) is 3.44. The van der Waals surface area contributed by atoms with Gasteiger partial charge >= 0.3 is 12.1 Å². The van der Waals surface area contributed by atoms with Crippen LogP contribution < -0.4 is 0 Å². The van der Waals surface area contributed by atoms with Gasteiger partial charge in [-0.25, -0.2) is 9.97 Å². The van der Waals surface area contributed by atoms with Crippen LogP contribution in [0.1, 0.15) is 5.69 Å². The summed E-state index contributed by atoms with van der Waals surface area (Å²) in [7, 11) is 0. The predicted octanol–water partition coefficient (Wildman–Crippen LogP) is 6.67. The Balaban J connectivity index is 1.89. The van der Waals surface area contributed by atoms with E-state index in [1.54, 1.807) is 6.07 Å². The normalized spacial score (nSPS) is 12.7. The van der Waals surface area contributed by atoms with Gasteiger partial charge in [-0.1, -0.05) is 23.7 Å². The fourth-order valence-electron chi connectivity index (χ4n) is 3.35. The summed E-state index contributed by atoms with van der Waals surface area (Å²) in [5, 5.41) is 8.01. The highest BCUT2D eigenvalue weighted by Crippen LogP contribution is 2.45. The first-order valence-electron chi connectivity index (χ1n) is 9.07. The van der Waals surface area contributed by atoms with Gasteiger partial charge in [-0.05, 0) is 57.4 Å². The SMILES string of the molecule is FC(F)(F)C(F)(F)c1cc(-c2ccc(Cl)cc2)c2ccc3nc(-c4nnco4)c(Br)n3c2n1. The Hall–Kier alpha value is -3.12. The minimum absolute atomic E-state index is 0.0217. The van der Waals surface area contributed by atoms with E-state index >= 15 is 0 Å². The van der Waals surface area contributed by atoms with Gasteiger partial charge in [0.15, 0.2) is 5.69 Å². The van der Waals surface area contributed by atoms with Crippen LogP contribution in [0.3, 0.4) is 0 Å². The van der Waals surface area contributed by atoms with Crippen LogP contribution in [0.2, 0.25) is 5.02 Å². The van der Waals surface area contributed by atoms with Crippen molar-refractivity contribution in [2.45, 2.75) is 12.1 Å². The smallest absolute Gasteiger partial charge is 0.422 e. The van der Waals surface area contributed by atoms with E-state index in [4.69, 9.17) is 16.0 Å². The number of fused-ring (bicyclic) bond motifs is 3. The number of alkyl halides is 5. The summed E-state index contributed by atoms with van der Waals surface area (Å²) >= 11 is 9.22. The number of benzene rings is 1. The minimum Gasteiger partial charge on any atom is -0.422 e. The molecule has 0 unspecified atom stereocenters. The molecule has 1 aromatic carbocycles. The summed E-state index contributed by atoms with van der Waals surface area (Å²) in [6.07, 6.45) is -4.78. The van der Waals surface area contributed by atoms with Gasteiger partial charge in [-0.2, -0.15) is 22.0 Å². The van der Waals surface area contributed by atoms with Gasteiger partial charge < -0.3 is 4.42 Å². The minimum atomic E-state index is -5.85. The van der Waals surface area contributed by atoms with E-state index in [9.17, 15) is 22.0 Å². The number of aromatic nitrogens is 5. The topological polar surface area (TPSA) is 69.1 Å². The molecule has 5 rings (SSSR count). The van der Waals surface area contributed by atoms with Crippen LogP contribution >= 0.6 is 27.5 Å². The molecule has 4 aromatic heterocycles. The second-order valence-corrected chi connectivity index (χ2v) is 8.08. The molecule has 0 aliphatic heterocycles. The monoisotopic (exact) mass is 543 g/mol. The summed E-state index contributed by atoms with van der Waals surface area (Å²) in [5.74, 6) is -5.18. The molecule has 0 aliphatic rings. The number of nitrogens with zero attached hydrogens (tertiary/aromatic N) is 5. The summed E-state index contributed by atoms with van der Waals surface area (Å²) in [4.78, 5) is 8.04. The summed E-state index contributed by atoms with van der Waals surface area (Å²) < 4.78 is 75.1. The molecule has 0 radical (unpaired) electrons. The fourth-order valence-corrected chi connectivity index (χ4v) is 4.09. The zero-order valence-corrected chi connectivity index (χ0v) is 18.3. The van der Waals surface area contributed by atoms with Crippen LogP contribution in [0.5, 0.6) is 0 Å². The lowest BCUT2D eigenvalue weighted by molar-refractivity contribution is -0.290. The molecular weight excluding hydrogens is 537 g/mol. The molecule has 0 spiro atoms. The Morgan fingerprint density at radius 1 is 0.970 bits per heavy atom. The van der Waals surface area contributed by atoms with E-state index in [0.29, 0.717) is 16.0 Å². The molecule has 33 heavy (non-hydrogen) atoms. The molecule has 0 N–H and O–H groups in total. The Morgan fingerprint density at radius 2 is 1.70 bits per heavy atom. The molecule has 0 aliphatic carbocycles. The molecule has 0 saturated carbocycles. The highest BCUT2D eigenvalue weighted by atomic mass is 79.9. The molecule has 0 bridgehead atoms. The van der Waals surface area contributed by atoms with Crippen LogP contribution in [0, 0.1) is 0 Å². The van der Waals surface area contributed by atoms with Crippen LogP contribution in [0.4, 0.5) is 22.0 Å². The van der Waals surface area contributed by atoms with E-state index in [-0.39, 0.29) is 33.0 Å². The fraction of sp³-hybridized carbons (Fsp3) is 0.100. The van der Waals surface area contributed by atoms with Crippen molar-refractivity contribution < 1.29 is 26.4 Å². The Kier molecular flexibility index (Phi) is 4.90. The molecule has 0 saturated heterocycles. The first-order chi connectivity index (χ1) is 15.6. The zero-order chi connectivity index (χ0) is 23.5. The maximum atomic E-state index is 14.4. The van der Waals surface area contributed by atoms with Crippen LogP contribution in [-0.2, 0) is 5.92 Å². The lowest BCUT2D eigenvalue weighted by atomic mass is 10.00. The first kappa shape index (κ1) is 21.7. The van der Waals surface area contributed by atoms with Crippen molar-refractivity contribution in [2.24, 2.45) is 0 Å². The lowest BCUT2D eigenvalue weighted by Gasteiger charge is -2.21. The maximum absolute atomic E-state index is 14.4. The molecule has 0 atom stereocenters. The van der Waals surface area contributed by atoms with Crippen molar-refractivity contribution in [2.75, 3.05) is 0 Å². The molecular formula is C20H8BrClF5N5O. The maximum Gasteiger partial charge on any atom is 0.459 e. The number of hydrogen-bond donors (Lipinski definition) is 0. The van der Waals surface area contributed by atoms with Crippen molar-refractivity contribution in [1.82, 2.24) is 24.6 Å². The highest BCUT2D eigenvalue weighted by Gasteiger charge is 2.60. The number of halogens is 7. The molecule has 6 nitrogen and oxygen atoms in total. The Labute approximate surface area is 194 Å². The third-order valence-electron chi connectivity index (χ3n) is 4.89. The van der Waals surface area contributed by atoms with Gasteiger partial charge in [0, 0.05) is 10.4 Å². The first-order valence-corrected chi connectivity index (χ1v) is 10.2. The van der Waals surface area contributed by atoms with Gasteiger partial charge in [-0.3, -0.25) is 4.40 Å². The molecule has 13 heteroatoms. The quantitative estimate of drug-likeness (QED) is 0.237. The number of pyridine rings is 2. The number of rotatable bonds is 3. The lowest BCUT2D eigenvalue weighted by Crippen LogP contribution is -2.34. The second-order valence-electron chi connectivity index (χ2n) is 6.89. The highest BCUT2D eigenvalue weighted by molar-refractivity contribution is 9.10. The summed E-state index contributed by atoms with van der Waals surface area (Å²) in [5.41, 5.74) is -0.771. The third-order valence-corrected chi connectivity index (χ3v) is 5.87. The van der Waals surface area contributed by atoms with Crippen molar-refractivity contribution in [3.05, 3.63) is 64.2 Å². The van der Waals surface area contributed by atoms with Gasteiger partial charge in [0.05, 0.1) is 0 Å². The molecule has 5 aromatic rings. The van der Waals surface area contributed by atoms with Crippen LogP contribution in [-0.4, -0.2) is 30.7 Å². The van der Waals surface area contributed by atoms with Crippen molar-refractivity contribution in [3.8, 4) is 22.7 Å². The number of imidazole rings is 1. The number of hydrogen-bond acceptors (Lipinski definition) is 5. The van der Waals surface area contributed by atoms with Crippen molar-refractivity contribution in [1.29, 1.82) is 0 Å². The Bertz CT molecular complexity index is 1500. The molecule has 0 fully saturated rings. The van der Waals surface area contributed by atoms with E-state index < -0.39 is 17.8 Å². The zero-order valence-electron chi connectivity index (χ0n) is 15.9. The van der Waals surface area contributed by atoms with Crippen molar-refractivity contribution >= 4 is 44.2 Å². The summed E-state index contributed by atoms with van der Waals surface area (Å²) in [6, 6.07) is 9.87. The average molecular weight is 545 g/mol. The van der Waals surface area contributed by atoms with Gasteiger partial charge in [0.1, 0.15) is 21.6 Å². The second kappa shape index (κ2) is 7.45. The largest absolute Gasteiger partial charge is 0.459 e. The van der Waals surface area contributed by atoms with Crippen molar-refractivity contribution in [3.63, 3.8) is 0 Å². The molecule has 0 amide bonds. The van der Waals surface area contributed by atoms with E-state index in [1.807, 2.05) is 0 Å². The average Bonchev–Trinajstić information content (AvgIpc) is 3.40. The predicted molar refractivity (Wildman–Crippen MR) is 112 cm³/mol. The van der Waals surface area contributed by atoms with Crippen LogP contribution in [0.15, 0.2) is 57.9 Å². The van der Waals surface area contributed by atoms with Crippen LogP contribution in [0.25, 0.3) is 39.4 Å². The van der Waals surface area contributed by atoms with Gasteiger partial charge in [-0.15, -0.1) is 10.2 Å². The molecule has 4 heterocycles. The summed E-state index contributed by atoms with van der Waals surface area (Å²) in [6.45, 7) is 0. The van der Waals surface area contributed by atoms with E-state index in [0.717, 1.165) is 12.5 Å². The van der Waals surface area contributed by atoms with E-state index in [2.05, 4.69) is 36.1 Å². The van der Waals surface area contributed by atoms with Gasteiger partial charge in [0.25, 0.3) is 5.89 Å². The standard InChI is InChI=1S/C20H8BrClF5N5O/c21-16-15(18-31-28-8-33-18)30-14-6-5-11-12(9-1-3-10(22)4-2-9)7-13(29-17(11)32(14)16)19(23,24)20(25,26)27/h1-8H. The van der Waals surface area contributed by atoms with E-state index in [1.165, 1.54) is 34.7 Å². The Morgan fingerprint density at radius 3 is 2.33 bits per heavy atom.